The summed E-state index contributed by atoms with van der Waals surface area (Å²) in [6.45, 7) is 4.45. The first-order valence-electron chi connectivity index (χ1n) is 9.20. The smallest absolute Gasteiger partial charge is 0.274 e. The summed E-state index contributed by atoms with van der Waals surface area (Å²) in [5.41, 5.74) is 4.42. The molecular weight excluding hydrogens is 350 g/mol. The van der Waals surface area contributed by atoms with Crippen LogP contribution in [0.1, 0.15) is 37.7 Å². The van der Waals surface area contributed by atoms with Crippen molar-refractivity contribution in [3.8, 4) is 0 Å². The summed E-state index contributed by atoms with van der Waals surface area (Å²) in [5, 5.41) is 5.68. The van der Waals surface area contributed by atoms with Gasteiger partial charge in [-0.3, -0.25) is 9.59 Å². The number of aromatic nitrogens is 1. The number of nitrogens with one attached hydrogen (secondary N) is 2. The third-order valence-corrected chi connectivity index (χ3v) is 4.24. The minimum absolute atomic E-state index is 0.204. The van der Waals surface area contributed by atoms with Gasteiger partial charge in [0.15, 0.2) is 0 Å². The zero-order valence-electron chi connectivity index (χ0n) is 16.0. The van der Waals surface area contributed by atoms with Crippen molar-refractivity contribution in [3.63, 3.8) is 0 Å². The van der Waals surface area contributed by atoms with Crippen LogP contribution in [-0.4, -0.2) is 23.3 Å². The highest BCUT2D eigenvalue weighted by molar-refractivity contribution is 6.03. The van der Waals surface area contributed by atoms with Gasteiger partial charge >= 0.3 is 0 Å². The SMILES string of the molecule is Cc1cc(C)cc(NC(=O)c2cccc(C(=O)NCCc3ccccc3)n2)c1. The van der Waals surface area contributed by atoms with Crippen molar-refractivity contribution in [2.45, 2.75) is 20.3 Å². The van der Waals surface area contributed by atoms with Crippen LogP contribution in [0, 0.1) is 13.8 Å². The molecule has 1 heterocycles. The molecule has 0 radical (unpaired) electrons. The van der Waals surface area contributed by atoms with Gasteiger partial charge in [0, 0.05) is 12.2 Å². The average molecular weight is 373 g/mol. The number of hydrogen-bond acceptors (Lipinski definition) is 3. The molecule has 0 fully saturated rings. The van der Waals surface area contributed by atoms with Crippen LogP contribution in [0.3, 0.4) is 0 Å². The Morgan fingerprint density at radius 1 is 0.821 bits per heavy atom. The monoisotopic (exact) mass is 373 g/mol. The van der Waals surface area contributed by atoms with E-state index >= 15 is 0 Å². The Kier molecular flexibility index (Phi) is 6.17. The van der Waals surface area contributed by atoms with Gasteiger partial charge in [-0.05, 0) is 61.2 Å². The molecule has 142 valence electrons. The van der Waals surface area contributed by atoms with E-state index < -0.39 is 0 Å². The molecule has 5 heteroatoms. The van der Waals surface area contributed by atoms with E-state index in [1.165, 1.54) is 0 Å². The van der Waals surface area contributed by atoms with Gasteiger partial charge in [0.2, 0.25) is 0 Å². The Labute approximate surface area is 164 Å². The molecule has 0 atom stereocenters. The minimum Gasteiger partial charge on any atom is -0.350 e. The van der Waals surface area contributed by atoms with Gasteiger partial charge in [-0.2, -0.15) is 0 Å². The molecule has 3 aromatic rings. The maximum absolute atomic E-state index is 12.5. The van der Waals surface area contributed by atoms with E-state index in [1.807, 2.05) is 62.4 Å². The third-order valence-electron chi connectivity index (χ3n) is 4.24. The lowest BCUT2D eigenvalue weighted by molar-refractivity contribution is 0.0949. The molecule has 0 aliphatic rings. The fourth-order valence-electron chi connectivity index (χ4n) is 2.99. The van der Waals surface area contributed by atoms with Crippen molar-refractivity contribution in [1.82, 2.24) is 10.3 Å². The van der Waals surface area contributed by atoms with Gasteiger partial charge in [-0.1, -0.05) is 42.5 Å². The normalized spacial score (nSPS) is 10.4. The van der Waals surface area contributed by atoms with Gasteiger partial charge < -0.3 is 10.6 Å². The van der Waals surface area contributed by atoms with Gasteiger partial charge in [0.25, 0.3) is 11.8 Å². The number of carbonyl (C=O) groups excluding carboxylic acids is 2. The number of hydrogen-bond donors (Lipinski definition) is 2. The second kappa shape index (κ2) is 8.95. The zero-order valence-corrected chi connectivity index (χ0v) is 16.0. The van der Waals surface area contributed by atoms with Gasteiger partial charge in [0.1, 0.15) is 11.4 Å². The van der Waals surface area contributed by atoms with Crippen LogP contribution < -0.4 is 10.6 Å². The predicted octanol–water partition coefficient (Wildman–Crippen LogP) is 3.92. The Hall–Kier alpha value is -3.47. The van der Waals surface area contributed by atoms with Gasteiger partial charge in [0.05, 0.1) is 0 Å². The highest BCUT2D eigenvalue weighted by Crippen LogP contribution is 2.14. The number of benzene rings is 2. The molecule has 0 bridgehead atoms. The van der Waals surface area contributed by atoms with Crippen molar-refractivity contribution >= 4 is 17.5 Å². The molecule has 0 spiro atoms. The Bertz CT molecular complexity index is 964. The molecule has 2 N–H and O–H groups in total. The largest absolute Gasteiger partial charge is 0.350 e. The van der Waals surface area contributed by atoms with Crippen molar-refractivity contribution in [1.29, 1.82) is 0 Å². The van der Waals surface area contributed by atoms with E-state index in [0.717, 1.165) is 23.1 Å². The zero-order chi connectivity index (χ0) is 19.9. The molecule has 0 saturated carbocycles. The number of nitrogens with zero attached hydrogens (tertiary/aromatic N) is 1. The topological polar surface area (TPSA) is 71.1 Å². The molecule has 5 nitrogen and oxygen atoms in total. The van der Waals surface area contributed by atoms with E-state index in [9.17, 15) is 9.59 Å². The van der Waals surface area contributed by atoms with Crippen LogP contribution in [0.4, 0.5) is 5.69 Å². The number of pyridine rings is 1. The van der Waals surface area contributed by atoms with Gasteiger partial charge in [-0.25, -0.2) is 4.98 Å². The fourth-order valence-corrected chi connectivity index (χ4v) is 2.99. The summed E-state index contributed by atoms with van der Waals surface area (Å²) in [5.74, 6) is -0.638. The first-order valence-corrected chi connectivity index (χ1v) is 9.20. The molecule has 1 aromatic heterocycles. The van der Waals surface area contributed by atoms with E-state index in [2.05, 4.69) is 15.6 Å². The maximum atomic E-state index is 12.5. The average Bonchev–Trinajstić information content (AvgIpc) is 2.68. The molecule has 0 unspecified atom stereocenters. The summed E-state index contributed by atoms with van der Waals surface area (Å²) in [7, 11) is 0. The lowest BCUT2D eigenvalue weighted by Gasteiger charge is -2.09. The first-order chi connectivity index (χ1) is 13.5. The first kappa shape index (κ1) is 19.3. The van der Waals surface area contributed by atoms with Crippen molar-refractivity contribution < 1.29 is 9.59 Å². The maximum Gasteiger partial charge on any atom is 0.274 e. The van der Waals surface area contributed by atoms with Gasteiger partial charge in [-0.15, -0.1) is 0 Å². The number of amides is 2. The molecule has 2 amide bonds. The highest BCUT2D eigenvalue weighted by Gasteiger charge is 2.12. The van der Waals surface area contributed by atoms with E-state index in [-0.39, 0.29) is 23.2 Å². The second-order valence-corrected chi connectivity index (χ2v) is 6.73. The van der Waals surface area contributed by atoms with Crippen LogP contribution >= 0.6 is 0 Å². The van der Waals surface area contributed by atoms with Crippen molar-refractivity contribution in [2.75, 3.05) is 11.9 Å². The summed E-state index contributed by atoms with van der Waals surface area (Å²) in [6.07, 6.45) is 0.736. The summed E-state index contributed by atoms with van der Waals surface area (Å²) in [6, 6.07) is 20.6. The Morgan fingerprint density at radius 2 is 1.46 bits per heavy atom. The number of aryl methyl sites for hydroxylation is 2. The lowest BCUT2D eigenvalue weighted by Crippen LogP contribution is -2.27. The van der Waals surface area contributed by atoms with E-state index in [0.29, 0.717) is 12.2 Å². The molecule has 0 aliphatic carbocycles. The summed E-state index contributed by atoms with van der Waals surface area (Å²) in [4.78, 5) is 29.1. The molecule has 3 rings (SSSR count). The Balaban J connectivity index is 1.62. The quantitative estimate of drug-likeness (QED) is 0.688. The van der Waals surface area contributed by atoms with E-state index in [4.69, 9.17) is 0 Å². The predicted molar refractivity (Wildman–Crippen MR) is 111 cm³/mol. The number of anilines is 1. The van der Waals surface area contributed by atoms with Crippen LogP contribution in [0.15, 0.2) is 66.7 Å². The number of rotatable bonds is 6. The molecule has 2 aromatic carbocycles. The van der Waals surface area contributed by atoms with Crippen LogP contribution in [0.25, 0.3) is 0 Å². The lowest BCUT2D eigenvalue weighted by atomic mass is 10.1. The standard InChI is InChI=1S/C23H23N3O2/c1-16-13-17(2)15-19(14-16)25-23(28)21-10-6-9-20(26-21)22(27)24-12-11-18-7-4-3-5-8-18/h3-10,13-15H,11-12H2,1-2H3,(H,24,27)(H,25,28). The second-order valence-electron chi connectivity index (χ2n) is 6.73. The van der Waals surface area contributed by atoms with Crippen LogP contribution in [0.5, 0.6) is 0 Å². The van der Waals surface area contributed by atoms with Crippen molar-refractivity contribution in [2.24, 2.45) is 0 Å². The molecular formula is C23H23N3O2. The van der Waals surface area contributed by atoms with E-state index in [1.54, 1.807) is 18.2 Å². The minimum atomic E-state index is -0.344. The summed E-state index contributed by atoms with van der Waals surface area (Å²) >= 11 is 0. The Morgan fingerprint density at radius 3 is 2.14 bits per heavy atom. The molecule has 0 saturated heterocycles. The molecule has 28 heavy (non-hydrogen) atoms. The van der Waals surface area contributed by atoms with Crippen molar-refractivity contribution in [3.05, 3.63) is 94.8 Å². The van der Waals surface area contributed by atoms with Crippen LogP contribution in [-0.2, 0) is 6.42 Å². The van der Waals surface area contributed by atoms with Crippen LogP contribution in [0.2, 0.25) is 0 Å². The third kappa shape index (κ3) is 5.27. The summed E-state index contributed by atoms with van der Waals surface area (Å²) < 4.78 is 0. The fraction of sp³-hybridized carbons (Fsp3) is 0.174. The number of carbonyl (C=O) groups is 2. The highest BCUT2D eigenvalue weighted by atomic mass is 16.2. The molecule has 0 aliphatic heterocycles.